The lowest BCUT2D eigenvalue weighted by Gasteiger charge is -2.32. The predicted octanol–water partition coefficient (Wildman–Crippen LogP) is 5.39. The van der Waals surface area contributed by atoms with Crippen LogP contribution in [0.5, 0.6) is 0 Å². The quantitative estimate of drug-likeness (QED) is 0.162. The van der Waals surface area contributed by atoms with Crippen LogP contribution >= 0.6 is 22.9 Å². The van der Waals surface area contributed by atoms with E-state index >= 15 is 4.39 Å². The van der Waals surface area contributed by atoms with Gasteiger partial charge in [-0.15, -0.1) is 11.3 Å². The molecule has 0 aliphatic carbocycles. The van der Waals surface area contributed by atoms with Crippen molar-refractivity contribution in [2.24, 2.45) is 7.05 Å². The number of halogens is 2. The number of nitrogens with zero attached hydrogens (tertiary/aromatic N) is 4. The zero-order valence-electron chi connectivity index (χ0n) is 24.6. The van der Waals surface area contributed by atoms with Crippen molar-refractivity contribution in [3.05, 3.63) is 75.6 Å². The van der Waals surface area contributed by atoms with Crippen LogP contribution in [0.1, 0.15) is 40.1 Å². The molecule has 2 aromatic carbocycles. The molecular weight excluding hydrogens is 609 g/mol. The van der Waals surface area contributed by atoms with Crippen LogP contribution in [0.4, 0.5) is 15.2 Å². The second kappa shape index (κ2) is 13.9. The Labute approximate surface area is 263 Å². The second-order valence-electron chi connectivity index (χ2n) is 10.5. The number of thiazole rings is 1. The fraction of sp³-hybridized carbons (Fsp3) is 0.355. The third-order valence-electron chi connectivity index (χ3n) is 7.62. The van der Waals surface area contributed by atoms with Gasteiger partial charge in [-0.25, -0.2) is 9.37 Å². The van der Waals surface area contributed by atoms with Crippen LogP contribution in [0.2, 0.25) is 5.02 Å². The van der Waals surface area contributed by atoms with Gasteiger partial charge in [0, 0.05) is 48.2 Å². The topological polar surface area (TPSA) is 106 Å². The van der Waals surface area contributed by atoms with Crippen LogP contribution in [-0.4, -0.2) is 65.7 Å². The monoisotopic (exact) mass is 641 g/mol. The van der Waals surface area contributed by atoms with Crippen molar-refractivity contribution in [3.8, 4) is 0 Å². The van der Waals surface area contributed by atoms with Crippen molar-refractivity contribution in [2.45, 2.75) is 38.3 Å². The summed E-state index contributed by atoms with van der Waals surface area (Å²) in [6.07, 6.45) is 5.47. The van der Waals surface area contributed by atoms with Crippen LogP contribution in [0.15, 0.2) is 48.8 Å². The van der Waals surface area contributed by atoms with Gasteiger partial charge in [0.05, 0.1) is 43.5 Å². The second-order valence-corrected chi connectivity index (χ2v) is 12.0. The summed E-state index contributed by atoms with van der Waals surface area (Å²) < 4.78 is 21.7. The van der Waals surface area contributed by atoms with Crippen molar-refractivity contribution in [3.63, 3.8) is 0 Å². The number of anilines is 2. The van der Waals surface area contributed by atoms with Crippen molar-refractivity contribution < 1.29 is 28.3 Å². The number of carbonyl (C=O) groups excluding carboxylic acids is 3. The maximum absolute atomic E-state index is 15.2. The molecule has 232 valence electrons. The van der Waals surface area contributed by atoms with Crippen molar-refractivity contribution in [1.29, 1.82) is 0 Å². The van der Waals surface area contributed by atoms with Gasteiger partial charge in [0.1, 0.15) is 12.0 Å². The molecule has 1 aliphatic heterocycles. The van der Waals surface area contributed by atoms with Gasteiger partial charge in [-0.05, 0) is 43.0 Å². The Kier molecular flexibility index (Phi) is 9.94. The van der Waals surface area contributed by atoms with Crippen molar-refractivity contribution in [1.82, 2.24) is 14.6 Å². The first-order valence-corrected chi connectivity index (χ1v) is 15.3. The van der Waals surface area contributed by atoms with E-state index in [1.807, 2.05) is 35.9 Å². The number of hydrogen-bond acceptors (Lipinski definition) is 9. The molecule has 13 heteroatoms. The first kappa shape index (κ1) is 31.6. The van der Waals surface area contributed by atoms with E-state index in [1.54, 1.807) is 17.5 Å². The lowest BCUT2D eigenvalue weighted by Crippen LogP contribution is -2.46. The van der Waals surface area contributed by atoms with Gasteiger partial charge in [0.15, 0.2) is 10.9 Å². The van der Waals surface area contributed by atoms with E-state index in [2.05, 4.69) is 15.2 Å². The van der Waals surface area contributed by atoms with Gasteiger partial charge < -0.3 is 19.5 Å². The molecule has 2 aromatic heterocycles. The van der Waals surface area contributed by atoms with Crippen LogP contribution in [0, 0.1) is 5.82 Å². The molecule has 5 rings (SSSR count). The molecule has 10 nitrogen and oxygen atoms in total. The highest BCUT2D eigenvalue weighted by atomic mass is 35.5. The number of esters is 1. The maximum atomic E-state index is 15.2. The number of methoxy groups -OCH3 is 1. The summed E-state index contributed by atoms with van der Waals surface area (Å²) in [5, 5.41) is 5.96. The van der Waals surface area contributed by atoms with Crippen LogP contribution in [0.3, 0.4) is 0 Å². The average Bonchev–Trinajstić information content (AvgIpc) is 3.76. The number of aryl methyl sites for hydroxylation is 2. The Balaban J connectivity index is 1.22. The maximum Gasteiger partial charge on any atom is 0.305 e. The van der Waals surface area contributed by atoms with Crippen molar-refractivity contribution in [2.75, 3.05) is 37.5 Å². The number of ketones is 1. The number of aromatic nitrogens is 2. The molecule has 1 fully saturated rings. The van der Waals surface area contributed by atoms with Gasteiger partial charge in [-0.1, -0.05) is 29.8 Å². The highest BCUT2D eigenvalue weighted by Crippen LogP contribution is 2.32. The third kappa shape index (κ3) is 6.94. The van der Waals surface area contributed by atoms with E-state index in [0.717, 1.165) is 46.4 Å². The number of para-hydroxylation sites is 1. The van der Waals surface area contributed by atoms with Gasteiger partial charge in [-0.3, -0.25) is 19.2 Å². The summed E-state index contributed by atoms with van der Waals surface area (Å²) in [5.74, 6) is -1.61. The summed E-state index contributed by atoms with van der Waals surface area (Å²) >= 11 is 7.93. The number of nitrogens with one attached hydrogen (secondary N) is 1. The number of fused-ring (bicyclic) bond motifs is 1. The number of hydrogen-bond donors (Lipinski definition) is 1. The van der Waals surface area contributed by atoms with Crippen LogP contribution < -0.4 is 10.2 Å². The molecule has 1 aliphatic rings. The Hall–Kier alpha value is -3.84. The molecule has 44 heavy (non-hydrogen) atoms. The summed E-state index contributed by atoms with van der Waals surface area (Å²) in [6.45, 7) is 0.660. The largest absolute Gasteiger partial charge is 0.469 e. The number of rotatable bonds is 12. The molecule has 3 heterocycles. The van der Waals surface area contributed by atoms with E-state index in [9.17, 15) is 14.4 Å². The lowest BCUT2D eigenvalue weighted by molar-refractivity contribution is -0.166. The Morgan fingerprint density at radius 3 is 2.80 bits per heavy atom. The SMILES string of the molecule is COC(=O)CCc1cnc(N2CCCC2N(CC(=O)Cc2cc(Cl)c(NC(=O)c3cn(C)c4ccccc34)cc2F)OC)s1. The molecule has 1 N–H and O–H groups in total. The first-order valence-electron chi connectivity index (χ1n) is 14.1. The average molecular weight is 642 g/mol. The summed E-state index contributed by atoms with van der Waals surface area (Å²) in [5.41, 5.74) is 1.57. The number of Topliss-reactive ketones (excluding diaryl/α,β-unsaturated/α-hetero) is 1. The minimum Gasteiger partial charge on any atom is -0.469 e. The van der Waals surface area contributed by atoms with Gasteiger partial charge >= 0.3 is 5.97 Å². The first-order chi connectivity index (χ1) is 21.2. The number of hydroxylamine groups is 2. The number of benzene rings is 2. The van der Waals surface area contributed by atoms with E-state index in [1.165, 1.54) is 31.6 Å². The third-order valence-corrected chi connectivity index (χ3v) is 9.03. The fourth-order valence-electron chi connectivity index (χ4n) is 5.41. The van der Waals surface area contributed by atoms with E-state index < -0.39 is 11.7 Å². The minimum atomic E-state index is -0.648. The highest BCUT2D eigenvalue weighted by molar-refractivity contribution is 7.15. The Morgan fingerprint density at radius 1 is 1.23 bits per heavy atom. The molecule has 0 saturated carbocycles. The van der Waals surface area contributed by atoms with E-state index in [4.69, 9.17) is 21.2 Å². The lowest BCUT2D eigenvalue weighted by atomic mass is 10.1. The number of ether oxygens (including phenoxy) is 1. The smallest absolute Gasteiger partial charge is 0.305 e. The van der Waals surface area contributed by atoms with Gasteiger partial charge in [0.2, 0.25) is 0 Å². The zero-order valence-corrected chi connectivity index (χ0v) is 26.2. The van der Waals surface area contributed by atoms with Crippen molar-refractivity contribution >= 4 is 62.3 Å². The van der Waals surface area contributed by atoms with Crippen LogP contribution in [0.25, 0.3) is 10.9 Å². The molecule has 0 spiro atoms. The normalized spacial score (nSPS) is 14.9. The van der Waals surface area contributed by atoms with E-state index in [-0.39, 0.29) is 53.6 Å². The Bertz CT molecular complexity index is 1690. The molecule has 4 aromatic rings. The molecular formula is C31H33ClFN5O5S. The molecule has 0 bridgehead atoms. The minimum absolute atomic E-state index is 0.0745. The number of carbonyl (C=O) groups is 3. The highest BCUT2D eigenvalue weighted by Gasteiger charge is 2.33. The molecule has 1 amide bonds. The van der Waals surface area contributed by atoms with Gasteiger partial charge in [0.25, 0.3) is 5.91 Å². The Morgan fingerprint density at radius 2 is 2.02 bits per heavy atom. The number of amides is 1. The molecule has 0 radical (unpaired) electrons. The summed E-state index contributed by atoms with van der Waals surface area (Å²) in [7, 11) is 4.71. The summed E-state index contributed by atoms with van der Waals surface area (Å²) in [4.78, 5) is 50.8. The summed E-state index contributed by atoms with van der Waals surface area (Å²) in [6, 6.07) is 10.00. The van der Waals surface area contributed by atoms with Gasteiger partial charge in [-0.2, -0.15) is 5.06 Å². The predicted molar refractivity (Wildman–Crippen MR) is 168 cm³/mol. The van der Waals surface area contributed by atoms with E-state index in [0.29, 0.717) is 12.0 Å². The molecule has 1 saturated heterocycles. The fourth-order valence-corrected chi connectivity index (χ4v) is 6.62. The standard InChI is InChI=1S/C31H33ClFN5O5S/c1-36-18-23(22-7-4-5-8-27(22)36)30(41)35-26-15-25(33)19(14-24(26)32)13-20(39)17-38(43-3)28-9-6-12-37(28)31-34-16-21(44-31)10-11-29(40)42-2/h4-5,7-8,14-16,18,28H,6,9-13,17H2,1-3H3,(H,35,41). The van der Waals surface area contributed by atoms with Crippen LogP contribution in [-0.2, 0) is 39.1 Å². The zero-order chi connectivity index (χ0) is 31.4. The molecule has 1 unspecified atom stereocenters. The molecule has 1 atom stereocenters.